The third kappa shape index (κ3) is 5.25. The molecule has 0 bridgehead atoms. The molecule has 1 saturated heterocycles. The second-order valence-corrected chi connectivity index (χ2v) is 51.0. The van der Waals surface area contributed by atoms with Crippen molar-refractivity contribution in [2.45, 2.75) is 98.2 Å². The molecular formula is C18H54N4P2Si5. The first-order valence-corrected chi connectivity index (χ1v) is 33.5. The Bertz CT molecular complexity index is 618. The predicted octanol–water partition coefficient (Wildman–Crippen LogP) is 8.30. The van der Waals surface area contributed by atoms with Gasteiger partial charge in [0.15, 0.2) is 0 Å². The zero-order valence-corrected chi connectivity index (χ0v) is 30.0. The van der Waals surface area contributed by atoms with Gasteiger partial charge >= 0.3 is 190 Å². The van der Waals surface area contributed by atoms with Crippen molar-refractivity contribution in [2.24, 2.45) is 4.41 Å². The van der Waals surface area contributed by atoms with Crippen LogP contribution in [0.25, 0.3) is 0 Å². The average Bonchev–Trinajstić information content (AvgIpc) is 2.10. The van der Waals surface area contributed by atoms with E-state index < -0.39 is 55.6 Å². The summed E-state index contributed by atoms with van der Waals surface area (Å²) < 4.78 is 15.6. The fourth-order valence-electron chi connectivity index (χ4n) is 6.34. The quantitative estimate of drug-likeness (QED) is 0.256. The molecular weight excluding hydrogens is 475 g/mol. The third-order valence-electron chi connectivity index (χ3n) is 4.99. The summed E-state index contributed by atoms with van der Waals surface area (Å²) in [5.41, 5.74) is 0. The Morgan fingerprint density at radius 2 is 0.862 bits per heavy atom. The summed E-state index contributed by atoms with van der Waals surface area (Å²) in [6.07, 6.45) is 0. The van der Waals surface area contributed by atoms with Crippen molar-refractivity contribution >= 4 is 55.6 Å². The molecule has 0 aromatic heterocycles. The summed E-state index contributed by atoms with van der Waals surface area (Å²) in [5, 5.41) is 0. The molecule has 1 aliphatic heterocycles. The predicted molar refractivity (Wildman–Crippen MR) is 156 cm³/mol. The summed E-state index contributed by atoms with van der Waals surface area (Å²) in [6.45, 7) is 44.3. The minimum absolute atomic E-state index is 1.61. The van der Waals surface area contributed by atoms with E-state index in [1.807, 2.05) is 0 Å². The van der Waals surface area contributed by atoms with Crippen LogP contribution in [0.15, 0.2) is 4.41 Å². The van der Waals surface area contributed by atoms with Gasteiger partial charge in [-0.05, 0) is 0 Å². The second-order valence-electron chi connectivity index (χ2n) is 15.0. The number of rotatable bonds is 6. The Labute approximate surface area is 189 Å². The van der Waals surface area contributed by atoms with E-state index in [0.29, 0.717) is 0 Å². The molecule has 1 heterocycles. The van der Waals surface area contributed by atoms with Crippen LogP contribution in [0.1, 0.15) is 0 Å². The summed E-state index contributed by atoms with van der Waals surface area (Å²) in [5.74, 6) is 0. The van der Waals surface area contributed by atoms with Gasteiger partial charge < -0.3 is 0 Å². The van der Waals surface area contributed by atoms with Crippen molar-refractivity contribution < 1.29 is 0 Å². The molecule has 4 nitrogen and oxygen atoms in total. The van der Waals surface area contributed by atoms with E-state index in [2.05, 4.69) is 130 Å². The molecule has 0 unspecified atom stereocenters. The monoisotopic (exact) mass is 528 g/mol. The van der Waals surface area contributed by atoms with Gasteiger partial charge in [-0.15, -0.1) is 0 Å². The summed E-state index contributed by atoms with van der Waals surface area (Å²) in [4.78, 5) is 0. The molecule has 11 heteroatoms. The zero-order chi connectivity index (χ0) is 23.9. The first-order valence-electron chi connectivity index (χ1n) is 11.2. The van der Waals surface area contributed by atoms with Crippen molar-refractivity contribution in [3.8, 4) is 0 Å². The van der Waals surface area contributed by atoms with Crippen LogP contribution in [-0.2, 0) is 0 Å². The molecule has 0 saturated carbocycles. The Kier molecular flexibility index (Phi) is 7.22. The zero-order valence-electron chi connectivity index (χ0n) is 23.2. The fourth-order valence-corrected chi connectivity index (χ4v) is 64.7. The molecule has 1 aliphatic rings. The Morgan fingerprint density at radius 3 is 1.03 bits per heavy atom. The molecule has 0 radical (unpaired) electrons. The van der Waals surface area contributed by atoms with Crippen LogP contribution in [0.2, 0.25) is 98.2 Å². The first-order chi connectivity index (χ1) is 12.1. The van der Waals surface area contributed by atoms with E-state index >= 15 is 0 Å². The van der Waals surface area contributed by atoms with Crippen molar-refractivity contribution in [1.82, 2.24) is 12.2 Å². The molecule has 0 aromatic carbocycles. The van der Waals surface area contributed by atoms with Gasteiger partial charge in [-0.1, -0.05) is 0 Å². The molecule has 0 aliphatic carbocycles. The van der Waals surface area contributed by atoms with E-state index in [1.54, 1.807) is 0 Å². The van der Waals surface area contributed by atoms with Crippen molar-refractivity contribution in [3.63, 3.8) is 0 Å². The molecule has 1 fully saturated rings. The van der Waals surface area contributed by atoms with Crippen LogP contribution < -0.4 is 0 Å². The van der Waals surface area contributed by atoms with Crippen LogP contribution in [-0.4, -0.2) is 73.4 Å². The van der Waals surface area contributed by atoms with Crippen molar-refractivity contribution in [1.29, 1.82) is 0 Å². The Morgan fingerprint density at radius 1 is 0.586 bits per heavy atom. The molecule has 0 spiro atoms. The molecule has 176 valence electrons. The molecule has 0 atom stereocenters. The molecule has 0 amide bonds. The third-order valence-corrected chi connectivity index (χ3v) is 44.9. The van der Waals surface area contributed by atoms with E-state index in [1.165, 1.54) is 0 Å². The number of hydrogen-bond acceptors (Lipinski definition) is 1. The van der Waals surface area contributed by atoms with Crippen LogP contribution in [0.5, 0.6) is 0 Å². The van der Waals surface area contributed by atoms with E-state index in [4.69, 9.17) is 4.41 Å². The van der Waals surface area contributed by atoms with Gasteiger partial charge in [-0.25, -0.2) is 0 Å². The second kappa shape index (κ2) is 7.31. The fraction of sp³-hybridized carbons (Fsp3) is 1.00. The first kappa shape index (κ1) is 28.7. The van der Waals surface area contributed by atoms with E-state index in [9.17, 15) is 0 Å². The molecule has 1 rings (SSSR count). The van der Waals surface area contributed by atoms with Crippen LogP contribution in [0, 0.1) is 0 Å². The topological polar surface area (TPSA) is 22.1 Å². The van der Waals surface area contributed by atoms with Gasteiger partial charge in [-0.2, -0.15) is 0 Å². The van der Waals surface area contributed by atoms with Crippen molar-refractivity contribution in [3.05, 3.63) is 0 Å². The summed E-state index contributed by atoms with van der Waals surface area (Å²) in [7, 11) is -9.99. The molecule has 0 aromatic rings. The average molecular weight is 529 g/mol. The van der Waals surface area contributed by atoms with E-state index in [-0.39, 0.29) is 0 Å². The van der Waals surface area contributed by atoms with Gasteiger partial charge in [0, 0.05) is 0 Å². The van der Waals surface area contributed by atoms with Gasteiger partial charge in [0.1, 0.15) is 0 Å². The minimum atomic E-state index is -2.16. The van der Waals surface area contributed by atoms with Gasteiger partial charge in [0.05, 0.1) is 0 Å². The van der Waals surface area contributed by atoms with Crippen molar-refractivity contribution in [2.75, 3.05) is 20.0 Å². The van der Waals surface area contributed by atoms with Crippen LogP contribution in [0.4, 0.5) is 0 Å². The summed E-state index contributed by atoms with van der Waals surface area (Å²) >= 11 is 0. The maximum absolute atomic E-state index is 6.12. The van der Waals surface area contributed by atoms with Gasteiger partial charge in [0.25, 0.3) is 0 Å². The van der Waals surface area contributed by atoms with Gasteiger partial charge in [0.2, 0.25) is 0 Å². The summed E-state index contributed by atoms with van der Waals surface area (Å²) in [6, 6.07) is 0. The van der Waals surface area contributed by atoms with Gasteiger partial charge in [-0.3, -0.25) is 0 Å². The SMILES string of the molecule is C[Si](C)(C)N=P1(N([Si](C)(C)C)[Si](C)(C)C)N([Si](C)(C)C)P(C)(C)(C)N1[Si](C)(C)C. The number of hydrogen-bond donors (Lipinski definition) is 0. The molecule has 29 heavy (non-hydrogen) atoms. The standard InChI is InChI=1S/C18H54N4P2Si5/c1-24(2,3)20(26(7,8)9)23(19-25(4,5)6,21(24)27(10,11)12)22(28(13,14)15)29(16,17)18/h1-18H3. The van der Waals surface area contributed by atoms with E-state index in [0.717, 1.165) is 0 Å². The Balaban J connectivity index is 4.34. The van der Waals surface area contributed by atoms with Crippen LogP contribution in [0.3, 0.4) is 0 Å². The maximum atomic E-state index is 6.12. The van der Waals surface area contributed by atoms with Crippen LogP contribution >= 0.6 is 14.4 Å². The Hall–Kier alpha value is 1.62. The molecule has 0 N–H and O–H groups in total. The normalized spacial score (nSPS) is 28.6. The number of nitrogens with zero attached hydrogens (tertiary/aromatic N) is 4.